The van der Waals surface area contributed by atoms with Crippen molar-refractivity contribution in [3.63, 3.8) is 0 Å². The van der Waals surface area contributed by atoms with Gasteiger partial charge in [-0.25, -0.2) is 13.2 Å². The van der Waals surface area contributed by atoms with Gasteiger partial charge >= 0.3 is 5.97 Å². The molecule has 0 saturated heterocycles. The number of hydrogen-bond donors (Lipinski definition) is 0. The number of ether oxygens (including phenoxy) is 3. The van der Waals surface area contributed by atoms with Crippen LogP contribution in [0.3, 0.4) is 0 Å². The topological polar surface area (TPSA) is 102 Å². The third kappa shape index (κ3) is 4.24. The molecule has 0 aromatic heterocycles. The van der Waals surface area contributed by atoms with Gasteiger partial charge in [-0.1, -0.05) is 12.1 Å². The number of benzene rings is 2. The van der Waals surface area contributed by atoms with Gasteiger partial charge < -0.3 is 19.1 Å². The Morgan fingerprint density at radius 2 is 1.80 bits per heavy atom. The fourth-order valence-electron chi connectivity index (χ4n) is 3.01. The summed E-state index contributed by atoms with van der Waals surface area (Å²) in [6.45, 7) is -0.504. The first-order valence-electron chi connectivity index (χ1n) is 9.02. The number of amides is 1. The summed E-state index contributed by atoms with van der Waals surface area (Å²) in [5.41, 5.74) is 0.456. The van der Waals surface area contributed by atoms with Crippen molar-refractivity contribution in [3.05, 3.63) is 48.5 Å². The third-order valence-electron chi connectivity index (χ3n) is 4.66. The van der Waals surface area contributed by atoms with Crippen molar-refractivity contribution in [1.29, 1.82) is 0 Å². The average Bonchev–Trinajstić information content (AvgIpc) is 2.77. The quantitative estimate of drug-likeness (QED) is 0.631. The fourth-order valence-corrected chi connectivity index (χ4v) is 4.13. The predicted octanol–water partition coefficient (Wildman–Crippen LogP) is 1.28. The van der Waals surface area contributed by atoms with Gasteiger partial charge in [-0.2, -0.15) is 4.31 Å². The lowest BCUT2D eigenvalue weighted by atomic mass is 10.2. The summed E-state index contributed by atoms with van der Waals surface area (Å²) in [5.74, 6) is -0.264. The van der Waals surface area contributed by atoms with Gasteiger partial charge in [0.15, 0.2) is 0 Å². The lowest BCUT2D eigenvalue weighted by Gasteiger charge is -2.34. The van der Waals surface area contributed by atoms with Crippen LogP contribution in [-0.4, -0.2) is 65.1 Å². The molecular formula is C20H22N2O7S. The van der Waals surface area contributed by atoms with Crippen molar-refractivity contribution in [1.82, 2.24) is 4.31 Å². The van der Waals surface area contributed by atoms with Gasteiger partial charge in [0.05, 0.1) is 37.9 Å². The molecule has 0 unspecified atom stereocenters. The van der Waals surface area contributed by atoms with Crippen LogP contribution in [0.1, 0.15) is 0 Å². The number of hydrogen-bond acceptors (Lipinski definition) is 7. The van der Waals surface area contributed by atoms with Crippen LogP contribution < -0.4 is 14.4 Å². The minimum atomic E-state index is -3.90. The van der Waals surface area contributed by atoms with Gasteiger partial charge in [-0.05, 0) is 36.4 Å². The van der Waals surface area contributed by atoms with Gasteiger partial charge in [0.1, 0.15) is 11.5 Å². The number of methoxy groups -OCH3 is 2. The summed E-state index contributed by atoms with van der Waals surface area (Å²) in [4.78, 5) is 26.3. The van der Waals surface area contributed by atoms with Gasteiger partial charge in [-0.15, -0.1) is 0 Å². The Balaban J connectivity index is 1.82. The van der Waals surface area contributed by atoms with Crippen LogP contribution in [0.25, 0.3) is 0 Å². The maximum atomic E-state index is 13.0. The average molecular weight is 434 g/mol. The van der Waals surface area contributed by atoms with Gasteiger partial charge in [0.2, 0.25) is 22.0 Å². The minimum absolute atomic E-state index is 0.0356. The number of carbonyl (C=O) groups is 2. The number of anilines is 1. The molecule has 0 N–H and O–H groups in total. The highest BCUT2D eigenvalue weighted by molar-refractivity contribution is 7.89. The van der Waals surface area contributed by atoms with E-state index < -0.39 is 34.5 Å². The maximum absolute atomic E-state index is 13.0. The van der Waals surface area contributed by atoms with Crippen LogP contribution in [0.15, 0.2) is 53.4 Å². The highest BCUT2D eigenvalue weighted by Crippen LogP contribution is 2.33. The smallest absolute Gasteiger partial charge is 0.348 e. The monoisotopic (exact) mass is 434 g/mol. The number of para-hydroxylation sites is 2. The first kappa shape index (κ1) is 21.6. The molecule has 0 fully saturated rings. The molecular weight excluding hydrogens is 412 g/mol. The molecule has 1 aliphatic rings. The number of fused-ring (bicyclic) bond motifs is 1. The normalized spacial score (nSPS) is 15.9. The number of likely N-dealkylation sites (N-methyl/N-ethyl adjacent to an activating group) is 1. The van der Waals surface area contributed by atoms with Crippen molar-refractivity contribution in [2.24, 2.45) is 0 Å². The number of sulfonamides is 1. The minimum Gasteiger partial charge on any atom is -0.497 e. The van der Waals surface area contributed by atoms with E-state index in [2.05, 4.69) is 0 Å². The Hall–Kier alpha value is -3.11. The SMILES string of the molecule is COC(=O)[C@@H]1CN(C(=O)CN(C)S(=O)(=O)c2ccc(OC)cc2)c2ccccc2O1. The zero-order chi connectivity index (χ0) is 21.9. The van der Waals surface area contributed by atoms with E-state index in [4.69, 9.17) is 14.2 Å². The molecule has 3 rings (SSSR count). The van der Waals surface area contributed by atoms with E-state index in [0.29, 0.717) is 17.2 Å². The Morgan fingerprint density at radius 1 is 1.13 bits per heavy atom. The molecule has 0 radical (unpaired) electrons. The molecule has 1 heterocycles. The summed E-state index contributed by atoms with van der Waals surface area (Å²) < 4.78 is 42.0. The number of nitrogens with zero attached hydrogens (tertiary/aromatic N) is 2. The molecule has 9 nitrogen and oxygen atoms in total. The second-order valence-corrected chi connectivity index (χ2v) is 8.58. The Bertz CT molecular complexity index is 1040. The van der Waals surface area contributed by atoms with Crippen LogP contribution >= 0.6 is 0 Å². The molecule has 10 heteroatoms. The van der Waals surface area contributed by atoms with Crippen molar-refractivity contribution >= 4 is 27.6 Å². The maximum Gasteiger partial charge on any atom is 0.348 e. The highest BCUT2D eigenvalue weighted by Gasteiger charge is 2.35. The first-order chi connectivity index (χ1) is 14.3. The molecule has 0 spiro atoms. The van der Waals surface area contributed by atoms with Crippen molar-refractivity contribution in [2.45, 2.75) is 11.0 Å². The fraction of sp³-hybridized carbons (Fsp3) is 0.300. The van der Waals surface area contributed by atoms with Crippen molar-refractivity contribution < 1.29 is 32.2 Å². The van der Waals surface area contributed by atoms with E-state index in [1.807, 2.05) is 0 Å². The van der Waals surface area contributed by atoms with E-state index in [0.717, 1.165) is 4.31 Å². The number of carbonyl (C=O) groups excluding carboxylic acids is 2. The van der Waals surface area contributed by atoms with Gasteiger partial charge in [-0.3, -0.25) is 4.79 Å². The zero-order valence-corrected chi connectivity index (χ0v) is 17.6. The van der Waals surface area contributed by atoms with Gasteiger partial charge in [0, 0.05) is 7.05 Å². The third-order valence-corrected chi connectivity index (χ3v) is 6.48. The van der Waals surface area contributed by atoms with E-state index in [-0.39, 0.29) is 11.4 Å². The van der Waals surface area contributed by atoms with Gasteiger partial charge in [0.25, 0.3) is 0 Å². The summed E-state index contributed by atoms with van der Waals surface area (Å²) in [5, 5.41) is 0. The number of esters is 1. The molecule has 1 atom stereocenters. The molecule has 160 valence electrons. The molecule has 1 amide bonds. The summed E-state index contributed by atoms with van der Waals surface area (Å²) in [6, 6.07) is 12.6. The Labute approximate surface area is 174 Å². The first-order valence-corrected chi connectivity index (χ1v) is 10.5. The Morgan fingerprint density at radius 3 is 2.43 bits per heavy atom. The number of rotatable bonds is 6. The molecule has 2 aromatic carbocycles. The second kappa shape index (κ2) is 8.72. The predicted molar refractivity (Wildman–Crippen MR) is 108 cm³/mol. The molecule has 0 saturated carbocycles. The molecule has 0 aliphatic carbocycles. The lowest BCUT2D eigenvalue weighted by Crippen LogP contribution is -2.50. The lowest BCUT2D eigenvalue weighted by molar-refractivity contribution is -0.148. The van der Waals surface area contributed by atoms with E-state index in [1.165, 1.54) is 50.4 Å². The molecule has 2 aromatic rings. The van der Waals surface area contributed by atoms with Crippen molar-refractivity contribution in [2.75, 3.05) is 39.3 Å². The van der Waals surface area contributed by atoms with E-state index >= 15 is 0 Å². The second-order valence-electron chi connectivity index (χ2n) is 6.54. The van der Waals surface area contributed by atoms with E-state index in [1.54, 1.807) is 24.3 Å². The largest absolute Gasteiger partial charge is 0.497 e. The standard InChI is InChI=1S/C20H22N2O7S/c1-21(30(25,26)15-10-8-14(27-2)9-11-15)13-19(23)22-12-18(20(24)28-3)29-17-7-5-4-6-16(17)22/h4-11,18H,12-13H2,1-3H3/t18-/m0/s1. The molecule has 30 heavy (non-hydrogen) atoms. The van der Waals surface area contributed by atoms with E-state index in [9.17, 15) is 18.0 Å². The van der Waals surface area contributed by atoms with Crippen LogP contribution in [0, 0.1) is 0 Å². The molecule has 1 aliphatic heterocycles. The highest BCUT2D eigenvalue weighted by atomic mass is 32.2. The summed E-state index contributed by atoms with van der Waals surface area (Å²) in [7, 11) is 0.131. The molecule has 0 bridgehead atoms. The van der Waals surface area contributed by atoms with Crippen LogP contribution in [0.5, 0.6) is 11.5 Å². The zero-order valence-electron chi connectivity index (χ0n) is 16.8. The van der Waals surface area contributed by atoms with Crippen LogP contribution in [0.2, 0.25) is 0 Å². The Kier molecular flexibility index (Phi) is 6.28. The van der Waals surface area contributed by atoms with Crippen LogP contribution in [-0.2, 0) is 24.3 Å². The summed E-state index contributed by atoms with van der Waals surface area (Å²) >= 11 is 0. The van der Waals surface area contributed by atoms with Crippen LogP contribution in [0.4, 0.5) is 5.69 Å². The summed E-state index contributed by atoms with van der Waals surface area (Å²) in [6.07, 6.45) is -1.00. The van der Waals surface area contributed by atoms with Crippen molar-refractivity contribution in [3.8, 4) is 11.5 Å².